The van der Waals surface area contributed by atoms with Crippen LogP contribution in [-0.4, -0.2) is 120 Å². The van der Waals surface area contributed by atoms with Crippen molar-refractivity contribution in [3.05, 3.63) is 107 Å². The van der Waals surface area contributed by atoms with Gasteiger partial charge in [0.25, 0.3) is 11.8 Å². The maximum atomic E-state index is 13.6. The molecule has 0 bridgehead atoms. The Hall–Kier alpha value is -6.73. The van der Waals surface area contributed by atoms with Crippen molar-refractivity contribution in [2.45, 2.75) is 18.9 Å². The van der Waals surface area contributed by atoms with E-state index >= 15 is 0 Å². The number of nitrogens with zero attached hydrogens (tertiary/aromatic N) is 3. The molecule has 1 unspecified atom stereocenters. The van der Waals surface area contributed by atoms with E-state index < -0.39 is 29.7 Å². The molecule has 0 saturated carbocycles. The molecule has 5 amide bonds. The molecule has 5 N–H and O–H groups in total. The van der Waals surface area contributed by atoms with Crippen molar-refractivity contribution in [3.8, 4) is 11.5 Å². The van der Waals surface area contributed by atoms with Crippen LogP contribution in [-0.2, 0) is 28.6 Å². The highest BCUT2D eigenvalue weighted by atomic mass is 35.5. The smallest absolute Gasteiger partial charge is 0.264 e. The predicted molar refractivity (Wildman–Crippen MR) is 221 cm³/mol. The number of ether oxygens (including phenoxy) is 4. The Morgan fingerprint density at radius 1 is 0.803 bits per heavy atom. The van der Waals surface area contributed by atoms with Crippen molar-refractivity contribution in [1.29, 1.82) is 0 Å². The van der Waals surface area contributed by atoms with Gasteiger partial charge in [0.05, 0.1) is 73.3 Å². The number of aromatic nitrogens is 3. The number of benzene rings is 3. The summed E-state index contributed by atoms with van der Waals surface area (Å²) in [7, 11) is 0. The lowest BCUT2D eigenvalue weighted by atomic mass is 10.0. The molecule has 0 aliphatic carbocycles. The van der Waals surface area contributed by atoms with Gasteiger partial charge in [0.15, 0.2) is 5.78 Å². The van der Waals surface area contributed by atoms with Crippen molar-refractivity contribution < 1.29 is 47.7 Å². The fraction of sp³-hybridized carbons (Fsp3) is 0.286. The summed E-state index contributed by atoms with van der Waals surface area (Å²) in [5, 5.41) is 11.8. The van der Waals surface area contributed by atoms with Gasteiger partial charge in [-0.15, -0.1) is 0 Å². The number of carbonyl (C=O) groups excluding carboxylic acids is 6. The first-order chi connectivity index (χ1) is 29.7. The zero-order valence-corrected chi connectivity index (χ0v) is 33.4. The fourth-order valence-corrected chi connectivity index (χ4v) is 6.99. The van der Waals surface area contributed by atoms with Crippen LogP contribution in [0.25, 0.3) is 11.0 Å². The number of rotatable bonds is 21. The van der Waals surface area contributed by atoms with Crippen LogP contribution in [0, 0.1) is 0 Å². The first kappa shape index (κ1) is 42.4. The van der Waals surface area contributed by atoms with Crippen LogP contribution >= 0.6 is 11.6 Å². The number of para-hydroxylation sites is 1. The molecule has 0 spiro atoms. The van der Waals surface area contributed by atoms with Crippen LogP contribution in [0.2, 0.25) is 5.02 Å². The molecule has 2 aliphatic rings. The number of hydrogen-bond acceptors (Lipinski definition) is 14. The van der Waals surface area contributed by atoms with Gasteiger partial charge in [-0.05, 0) is 42.8 Å². The van der Waals surface area contributed by atoms with E-state index in [2.05, 4.69) is 36.2 Å². The summed E-state index contributed by atoms with van der Waals surface area (Å²) < 4.78 is 22.6. The van der Waals surface area contributed by atoms with Crippen molar-refractivity contribution in [2.24, 2.45) is 0 Å². The highest BCUT2D eigenvalue weighted by molar-refractivity contribution is 6.36. The molecular weight excluding hydrogens is 812 g/mol. The monoisotopic (exact) mass is 852 g/mol. The van der Waals surface area contributed by atoms with Crippen molar-refractivity contribution in [2.75, 3.05) is 69.9 Å². The Morgan fingerprint density at radius 2 is 1.56 bits per heavy atom. The van der Waals surface area contributed by atoms with E-state index in [0.717, 1.165) is 4.90 Å². The second-order valence-electron chi connectivity index (χ2n) is 13.7. The van der Waals surface area contributed by atoms with Gasteiger partial charge in [-0.25, -0.2) is 9.97 Å². The number of halogens is 1. The van der Waals surface area contributed by atoms with Crippen molar-refractivity contribution >= 4 is 69.5 Å². The first-order valence-corrected chi connectivity index (χ1v) is 19.8. The molecule has 3 aromatic carbocycles. The van der Waals surface area contributed by atoms with Crippen molar-refractivity contribution in [3.63, 3.8) is 0 Å². The van der Waals surface area contributed by atoms with Gasteiger partial charge in [0, 0.05) is 43.0 Å². The highest BCUT2D eigenvalue weighted by Crippen LogP contribution is 2.33. The summed E-state index contributed by atoms with van der Waals surface area (Å²) in [5.74, 6) is -1.50. The minimum absolute atomic E-state index is 0.0156. The number of ketones is 1. The average Bonchev–Trinajstić information content (AvgIpc) is 3.81. The summed E-state index contributed by atoms with van der Waals surface area (Å²) in [4.78, 5) is 88.7. The molecule has 1 fully saturated rings. The minimum Gasteiger partial charge on any atom is -0.457 e. The van der Waals surface area contributed by atoms with Crippen LogP contribution < -0.4 is 26.0 Å². The summed E-state index contributed by atoms with van der Waals surface area (Å²) in [6.07, 6.45) is 3.04. The molecule has 1 atom stereocenters. The van der Waals surface area contributed by atoms with Crippen LogP contribution in [0.3, 0.4) is 0 Å². The molecular formula is C42H41ClN8O10. The normalized spacial score (nSPS) is 14.8. The predicted octanol–water partition coefficient (Wildman–Crippen LogP) is 3.73. The number of hydrogen-bond donors (Lipinski definition) is 5. The van der Waals surface area contributed by atoms with Gasteiger partial charge in [0.2, 0.25) is 17.7 Å². The lowest BCUT2D eigenvalue weighted by Gasteiger charge is -2.27. The van der Waals surface area contributed by atoms with E-state index in [9.17, 15) is 28.8 Å². The highest BCUT2D eigenvalue weighted by Gasteiger charge is 2.45. The average molecular weight is 853 g/mol. The third kappa shape index (κ3) is 10.2. The lowest BCUT2D eigenvalue weighted by molar-refractivity contribution is -0.136. The van der Waals surface area contributed by atoms with Gasteiger partial charge in [-0.3, -0.25) is 39.0 Å². The van der Waals surface area contributed by atoms with Crippen molar-refractivity contribution in [1.82, 2.24) is 30.5 Å². The molecule has 18 nitrogen and oxygen atoms in total. The van der Waals surface area contributed by atoms with Gasteiger partial charge < -0.3 is 39.9 Å². The van der Waals surface area contributed by atoms with Gasteiger partial charge in [0.1, 0.15) is 35.3 Å². The molecule has 1 saturated heterocycles. The maximum Gasteiger partial charge on any atom is 0.264 e. The molecule has 61 heavy (non-hydrogen) atoms. The maximum absolute atomic E-state index is 13.6. The lowest BCUT2D eigenvalue weighted by Crippen LogP contribution is -2.54. The van der Waals surface area contributed by atoms with E-state index in [0.29, 0.717) is 79.1 Å². The van der Waals surface area contributed by atoms with E-state index in [4.69, 9.17) is 30.5 Å². The van der Waals surface area contributed by atoms with E-state index in [1.54, 1.807) is 36.5 Å². The fourth-order valence-electron chi connectivity index (χ4n) is 6.74. The Balaban J connectivity index is 0.753. The van der Waals surface area contributed by atoms with E-state index in [1.165, 1.54) is 12.4 Å². The van der Waals surface area contributed by atoms with Crippen LogP contribution in [0.1, 0.15) is 49.5 Å². The zero-order valence-electron chi connectivity index (χ0n) is 32.7. The second-order valence-corrected chi connectivity index (χ2v) is 14.1. The number of aromatic amines is 1. The summed E-state index contributed by atoms with van der Waals surface area (Å²) >= 11 is 6.53. The van der Waals surface area contributed by atoms with Gasteiger partial charge in [-0.2, -0.15) is 0 Å². The first-order valence-electron chi connectivity index (χ1n) is 19.4. The molecule has 4 heterocycles. The third-order valence-electron chi connectivity index (χ3n) is 9.64. The minimum atomic E-state index is -1.09. The number of anilines is 2. The van der Waals surface area contributed by atoms with Crippen LogP contribution in [0.5, 0.6) is 11.5 Å². The summed E-state index contributed by atoms with van der Waals surface area (Å²) in [6, 6.07) is 17.7. The molecule has 316 valence electrons. The van der Waals surface area contributed by atoms with E-state index in [1.807, 2.05) is 30.3 Å². The number of imide groups is 2. The Kier molecular flexibility index (Phi) is 13.9. The number of nitrogens with one attached hydrogen (secondary N) is 5. The SMILES string of the molecule is O=C(CNc1cccc2c1C(=O)N(C1CCC(=O)NC1=O)C2=O)NCCOCCOCCOCCNc1ncnc2[nH]cc(C(=O)c3ccc(Oc4ccccc4)cc3Cl)c12. The van der Waals surface area contributed by atoms with Crippen LogP contribution in [0.4, 0.5) is 11.5 Å². The quantitative estimate of drug-likeness (QED) is 0.0403. The Morgan fingerprint density at radius 3 is 2.31 bits per heavy atom. The largest absolute Gasteiger partial charge is 0.457 e. The summed E-state index contributed by atoms with van der Waals surface area (Å²) in [6.45, 7) is 2.30. The second kappa shape index (κ2) is 20.0. The molecule has 7 rings (SSSR count). The standard InChI is InChI=1S/C42H41ClN8O10/c43-30-21-26(61-25-5-2-1-3-6-25)9-10-27(30)37(54)29-22-47-39-36(29)38(48-24-49-39)45-14-16-59-18-20-60-19-17-58-15-13-44-34(53)23-46-31-8-4-7-28-35(31)42(57)51(41(28)56)32-11-12-33(52)50-40(32)55/h1-10,21-22,24,32,46H,11-20,23H2,(H,44,53)(H,50,52,55)(H2,45,47,48,49). The number of fused-ring (bicyclic) bond motifs is 2. The van der Waals surface area contributed by atoms with Gasteiger partial charge in [-0.1, -0.05) is 35.9 Å². The molecule has 5 aromatic rings. The van der Waals surface area contributed by atoms with Crippen LogP contribution in [0.15, 0.2) is 79.3 Å². The Labute approximate surface area is 353 Å². The van der Waals surface area contributed by atoms with E-state index in [-0.39, 0.29) is 66.1 Å². The number of amides is 5. The molecule has 2 aliphatic heterocycles. The molecule has 19 heteroatoms. The Bertz CT molecular complexity index is 2450. The molecule has 0 radical (unpaired) electrons. The molecule has 2 aromatic heterocycles. The third-order valence-corrected chi connectivity index (χ3v) is 9.95. The number of H-pyrrole nitrogens is 1. The number of piperidine rings is 1. The summed E-state index contributed by atoms with van der Waals surface area (Å²) in [5.41, 5.74) is 1.62. The topological polar surface area (TPSA) is 232 Å². The zero-order chi connectivity index (χ0) is 42.7. The number of carbonyl (C=O) groups is 6. The van der Waals surface area contributed by atoms with Gasteiger partial charge >= 0.3 is 0 Å².